The van der Waals surface area contributed by atoms with E-state index in [-0.39, 0.29) is 52.9 Å². The lowest BCUT2D eigenvalue weighted by Gasteiger charge is -2.39. The van der Waals surface area contributed by atoms with Gasteiger partial charge in [-0.25, -0.2) is 23.2 Å². The third-order valence-corrected chi connectivity index (χ3v) is 11.7. The van der Waals surface area contributed by atoms with E-state index < -0.39 is 9.84 Å². The van der Waals surface area contributed by atoms with Gasteiger partial charge in [-0.15, -0.1) is 0 Å². The Hall–Kier alpha value is -1.56. The van der Waals surface area contributed by atoms with Gasteiger partial charge in [0.15, 0.2) is 21.5 Å². The molecule has 1 saturated carbocycles. The summed E-state index contributed by atoms with van der Waals surface area (Å²) in [6.07, 6.45) is 9.52. The van der Waals surface area contributed by atoms with Crippen molar-refractivity contribution < 1.29 is 17.5 Å². The fourth-order valence-corrected chi connectivity index (χ4v) is 9.98. The number of ether oxygens (including phenoxy) is 1. The molecule has 39 heavy (non-hydrogen) atoms. The van der Waals surface area contributed by atoms with Crippen molar-refractivity contribution in [2.24, 2.45) is 11.3 Å². The zero-order valence-electron chi connectivity index (χ0n) is 21.9. The fourth-order valence-electron chi connectivity index (χ4n) is 7.06. The van der Waals surface area contributed by atoms with E-state index in [2.05, 4.69) is 20.8 Å². The van der Waals surface area contributed by atoms with Crippen LogP contribution in [0.4, 0.5) is 10.2 Å². The summed E-state index contributed by atoms with van der Waals surface area (Å²) < 4.78 is 45.9. The number of anilines is 1. The number of rotatable bonds is 5. The summed E-state index contributed by atoms with van der Waals surface area (Å²) in [5, 5.41) is 0.981. The molecule has 12 heteroatoms. The van der Waals surface area contributed by atoms with Crippen molar-refractivity contribution in [1.29, 1.82) is 0 Å². The van der Waals surface area contributed by atoms with Crippen LogP contribution in [0.1, 0.15) is 68.7 Å². The van der Waals surface area contributed by atoms with Gasteiger partial charge in [0.25, 0.3) is 0 Å². The molecule has 6 rings (SSSR count). The lowest BCUT2D eigenvalue weighted by Crippen LogP contribution is -2.41. The maximum atomic E-state index is 15.4. The highest BCUT2D eigenvalue weighted by molar-refractivity contribution is 7.91. The van der Waals surface area contributed by atoms with E-state index in [1.165, 1.54) is 0 Å². The minimum Gasteiger partial charge on any atom is -0.370 e. The number of hydrogen-bond donors (Lipinski definition) is 2. The fraction of sp³-hybridized carbons (Fsp3) is 0.630. The van der Waals surface area contributed by atoms with E-state index in [1.807, 2.05) is 11.8 Å². The molecule has 2 N–H and O–H groups in total. The number of nitrogens with zero attached hydrogens (tertiary/aromatic N) is 3. The third-order valence-electron chi connectivity index (χ3n) is 9.19. The first-order valence-electron chi connectivity index (χ1n) is 13.7. The van der Waals surface area contributed by atoms with Gasteiger partial charge in [0.05, 0.1) is 39.8 Å². The quantitative estimate of drug-likeness (QED) is 0.508. The molecule has 4 unspecified atom stereocenters. The molecule has 4 fully saturated rings. The third kappa shape index (κ3) is 5.53. The maximum absolute atomic E-state index is 15.4. The van der Waals surface area contributed by atoms with Crippen molar-refractivity contribution in [1.82, 2.24) is 20.8 Å². The number of sulfone groups is 1. The molecule has 1 aliphatic carbocycles. The molecule has 2 aromatic heterocycles. The van der Waals surface area contributed by atoms with Gasteiger partial charge in [-0.1, -0.05) is 23.2 Å². The molecule has 0 bridgehead atoms. The smallest absolute Gasteiger partial charge is 0.165 e. The van der Waals surface area contributed by atoms with E-state index in [0.29, 0.717) is 35.4 Å². The minimum absolute atomic E-state index is 0.0166. The van der Waals surface area contributed by atoms with Gasteiger partial charge in [0, 0.05) is 43.3 Å². The zero-order chi connectivity index (χ0) is 27.4. The van der Waals surface area contributed by atoms with Crippen LogP contribution in [0.25, 0.3) is 0 Å². The van der Waals surface area contributed by atoms with Crippen molar-refractivity contribution in [2.75, 3.05) is 29.5 Å². The molecule has 0 radical (unpaired) electrons. The molecule has 212 valence electrons. The van der Waals surface area contributed by atoms with Crippen molar-refractivity contribution >= 4 is 38.9 Å². The lowest BCUT2D eigenvalue weighted by molar-refractivity contribution is -0.0370. The van der Waals surface area contributed by atoms with Crippen LogP contribution >= 0.6 is 23.2 Å². The maximum Gasteiger partial charge on any atom is 0.165 e. The second kappa shape index (κ2) is 10.7. The summed E-state index contributed by atoms with van der Waals surface area (Å²) >= 11 is 12.7. The summed E-state index contributed by atoms with van der Waals surface area (Å²) in [4.78, 5) is 10.5. The number of nitrogens with one attached hydrogen (secondary N) is 2. The van der Waals surface area contributed by atoms with Crippen molar-refractivity contribution in [3.8, 4) is 0 Å². The SMILES string of the molecule is C[C@@H](OC1CCC2NNC(c3cnc(N4CCC5(CC4)CCS(=O)(=O)C5)c(F)c3)C2C1)c1c(Cl)cncc1Cl. The normalized spacial score (nSPS) is 30.4. The molecule has 3 aliphatic heterocycles. The van der Waals surface area contributed by atoms with Gasteiger partial charge >= 0.3 is 0 Å². The van der Waals surface area contributed by atoms with Crippen LogP contribution in [-0.2, 0) is 14.6 Å². The minimum atomic E-state index is -2.94. The lowest BCUT2D eigenvalue weighted by atomic mass is 9.78. The number of halogens is 3. The van der Waals surface area contributed by atoms with E-state index >= 15 is 4.39 Å². The highest BCUT2D eigenvalue weighted by Crippen LogP contribution is 2.44. The van der Waals surface area contributed by atoms with E-state index in [9.17, 15) is 8.42 Å². The Morgan fingerprint density at radius 3 is 2.54 bits per heavy atom. The number of hydrogen-bond acceptors (Lipinski definition) is 8. The number of aromatic nitrogens is 2. The topological polar surface area (TPSA) is 96.5 Å². The van der Waals surface area contributed by atoms with Crippen LogP contribution in [0.15, 0.2) is 24.7 Å². The predicted molar refractivity (Wildman–Crippen MR) is 149 cm³/mol. The molecule has 3 saturated heterocycles. The second-order valence-electron chi connectivity index (χ2n) is 11.7. The van der Waals surface area contributed by atoms with Crippen LogP contribution in [0.3, 0.4) is 0 Å². The van der Waals surface area contributed by atoms with Crippen LogP contribution < -0.4 is 15.8 Å². The Bertz CT molecular complexity index is 1320. The predicted octanol–water partition coefficient (Wildman–Crippen LogP) is 4.79. The van der Waals surface area contributed by atoms with E-state index in [0.717, 1.165) is 43.2 Å². The summed E-state index contributed by atoms with van der Waals surface area (Å²) in [5.41, 5.74) is 8.17. The summed E-state index contributed by atoms with van der Waals surface area (Å²) in [6, 6.07) is 1.77. The highest BCUT2D eigenvalue weighted by Gasteiger charge is 2.45. The monoisotopic (exact) mass is 597 g/mol. The summed E-state index contributed by atoms with van der Waals surface area (Å²) in [7, 11) is -2.94. The van der Waals surface area contributed by atoms with Gasteiger partial charge in [0.1, 0.15) is 0 Å². The molecule has 4 aliphatic rings. The Labute approximate surface area is 238 Å². The van der Waals surface area contributed by atoms with Gasteiger partial charge < -0.3 is 9.64 Å². The number of pyridine rings is 2. The largest absolute Gasteiger partial charge is 0.370 e. The number of piperidine rings is 1. The van der Waals surface area contributed by atoms with Gasteiger partial charge in [0.2, 0.25) is 0 Å². The van der Waals surface area contributed by atoms with Crippen LogP contribution in [0.5, 0.6) is 0 Å². The Balaban J connectivity index is 1.11. The first-order chi connectivity index (χ1) is 18.6. The van der Waals surface area contributed by atoms with Crippen LogP contribution in [-0.4, -0.2) is 55.1 Å². The number of hydrazine groups is 1. The molecule has 2 aromatic rings. The summed E-state index contributed by atoms with van der Waals surface area (Å²) in [5.74, 6) is 0.756. The first kappa shape index (κ1) is 27.6. The zero-order valence-corrected chi connectivity index (χ0v) is 24.2. The second-order valence-corrected chi connectivity index (χ2v) is 14.7. The molecule has 8 nitrogen and oxygen atoms in total. The van der Waals surface area contributed by atoms with Gasteiger partial charge in [-0.2, -0.15) is 0 Å². The summed E-state index contributed by atoms with van der Waals surface area (Å²) in [6.45, 7) is 3.19. The standard InChI is InChI=1S/C27H34Cl2FN5O3S/c1-16(24-20(28)13-31-14-21(24)29)38-18-2-3-23-19(11-18)25(34-33-23)17-10-22(30)26(32-12-17)35-7-4-27(5-8-35)6-9-39(36,37)15-27/h10,12-14,16,18-19,23,25,33-34H,2-9,11,15H2,1H3/t16-,18?,19?,23?,25?/m1/s1. The Morgan fingerprint density at radius 1 is 1.13 bits per heavy atom. The van der Waals surface area contributed by atoms with Crippen molar-refractivity contribution in [2.45, 2.75) is 69.7 Å². The molecule has 5 heterocycles. The molecular weight excluding hydrogens is 564 g/mol. The van der Waals surface area contributed by atoms with Crippen LogP contribution in [0, 0.1) is 17.2 Å². The molecule has 1 spiro atoms. The van der Waals surface area contributed by atoms with Gasteiger partial charge in [-0.3, -0.25) is 10.4 Å². The Kier molecular flexibility index (Phi) is 7.56. The average Bonchev–Trinajstić information content (AvgIpc) is 3.44. The van der Waals surface area contributed by atoms with Crippen molar-refractivity contribution in [3.05, 3.63) is 51.6 Å². The van der Waals surface area contributed by atoms with Crippen molar-refractivity contribution in [3.63, 3.8) is 0 Å². The number of fused-ring (bicyclic) bond motifs is 1. The van der Waals surface area contributed by atoms with E-state index in [1.54, 1.807) is 24.7 Å². The molecule has 0 aromatic carbocycles. The molecule has 0 amide bonds. The van der Waals surface area contributed by atoms with E-state index in [4.69, 9.17) is 27.9 Å². The molecular formula is C27H34Cl2FN5O3S. The highest BCUT2D eigenvalue weighted by atomic mass is 35.5. The Morgan fingerprint density at radius 2 is 1.87 bits per heavy atom. The molecule has 5 atom stereocenters. The van der Waals surface area contributed by atoms with Gasteiger partial charge in [-0.05, 0) is 68.4 Å². The van der Waals surface area contributed by atoms with Crippen LogP contribution in [0.2, 0.25) is 10.0 Å². The first-order valence-corrected chi connectivity index (χ1v) is 16.3. The average molecular weight is 599 g/mol.